The molecule has 6 rings (SSSR count). The average molecular weight is 548 g/mol. The fourth-order valence-electron chi connectivity index (χ4n) is 7.00. The average Bonchev–Trinajstić information content (AvgIpc) is 3.22. The van der Waals surface area contributed by atoms with Gasteiger partial charge in [-0.1, -0.05) is 56.3 Å². The monoisotopic (exact) mass is 547 g/mol. The minimum atomic E-state index is -0.621. The Morgan fingerprint density at radius 1 is 1.07 bits per heavy atom. The summed E-state index contributed by atoms with van der Waals surface area (Å²) in [5.74, 6) is 0.687. The Balaban J connectivity index is 1.37. The van der Waals surface area contributed by atoms with E-state index in [1.54, 1.807) is 6.07 Å². The first-order valence-corrected chi connectivity index (χ1v) is 14.4. The standard InChI is InChI=1S/C32H42BNO6/c1-20-23(14-11-15-24(20)28(35)38-30(2,3)4)25(34-29(36)37-19-21-12-9-8-10-13-21)18-33-39-27-17-22-16-26(31(22,5)6)32(27,7)40-33/h8-15,22,25-27H,16-19H2,1-7H3,(H,34,36)/t22-,25?,26-,27?,32-/m0/s1. The van der Waals surface area contributed by atoms with Gasteiger partial charge in [0.05, 0.1) is 23.3 Å². The molecule has 3 saturated carbocycles. The lowest BCUT2D eigenvalue weighted by Crippen LogP contribution is -2.65. The van der Waals surface area contributed by atoms with E-state index in [1.807, 2.05) is 70.2 Å². The Bertz CT molecular complexity index is 1260. The molecule has 2 unspecified atom stereocenters. The third-order valence-electron chi connectivity index (χ3n) is 9.30. The lowest BCUT2D eigenvalue weighted by molar-refractivity contribution is -0.199. The largest absolute Gasteiger partial charge is 0.460 e. The summed E-state index contributed by atoms with van der Waals surface area (Å²) < 4.78 is 24.4. The van der Waals surface area contributed by atoms with E-state index in [1.165, 1.54) is 6.42 Å². The molecule has 0 spiro atoms. The van der Waals surface area contributed by atoms with Crippen molar-refractivity contribution in [1.82, 2.24) is 5.32 Å². The number of nitrogens with one attached hydrogen (secondary N) is 1. The number of carbonyl (C=O) groups excluding carboxylic acids is 2. The molecule has 7 nitrogen and oxygen atoms in total. The van der Waals surface area contributed by atoms with E-state index in [4.69, 9.17) is 18.8 Å². The second-order valence-corrected chi connectivity index (χ2v) is 13.4. The Morgan fingerprint density at radius 2 is 1.80 bits per heavy atom. The number of alkyl carbamates (subject to hydrolysis) is 1. The van der Waals surface area contributed by atoms with E-state index in [9.17, 15) is 9.59 Å². The van der Waals surface area contributed by atoms with Crippen molar-refractivity contribution in [2.45, 2.75) is 97.6 Å². The minimum Gasteiger partial charge on any atom is -0.456 e. The Morgan fingerprint density at radius 3 is 2.48 bits per heavy atom. The van der Waals surface area contributed by atoms with Crippen molar-refractivity contribution in [2.24, 2.45) is 17.3 Å². The number of esters is 1. The fraction of sp³-hybridized carbons (Fsp3) is 0.562. The molecule has 0 radical (unpaired) electrons. The zero-order valence-electron chi connectivity index (χ0n) is 24.8. The highest BCUT2D eigenvalue weighted by atomic mass is 16.7. The van der Waals surface area contributed by atoms with Crippen LogP contribution in [0.5, 0.6) is 0 Å². The molecule has 4 aliphatic rings. The number of carbonyl (C=O) groups is 2. The quantitative estimate of drug-likeness (QED) is 0.309. The Hall–Kier alpha value is -2.84. The minimum absolute atomic E-state index is 0.0363. The smallest absolute Gasteiger partial charge is 0.456 e. The summed E-state index contributed by atoms with van der Waals surface area (Å²) >= 11 is 0. The van der Waals surface area contributed by atoms with Crippen molar-refractivity contribution in [3.63, 3.8) is 0 Å². The van der Waals surface area contributed by atoms with Gasteiger partial charge in [-0.15, -0.1) is 0 Å². The molecule has 2 aromatic carbocycles. The highest BCUT2D eigenvalue weighted by molar-refractivity contribution is 6.45. The zero-order chi connectivity index (χ0) is 28.9. The van der Waals surface area contributed by atoms with Gasteiger partial charge in [0.15, 0.2) is 0 Å². The maximum Gasteiger partial charge on any atom is 0.460 e. The predicted octanol–water partition coefficient (Wildman–Crippen LogP) is 6.65. The van der Waals surface area contributed by atoms with Crippen LogP contribution in [-0.4, -0.2) is 36.5 Å². The molecule has 214 valence electrons. The van der Waals surface area contributed by atoms with Crippen LogP contribution in [0.25, 0.3) is 0 Å². The summed E-state index contributed by atoms with van der Waals surface area (Å²) in [6, 6.07) is 14.6. The van der Waals surface area contributed by atoms with E-state index < -0.39 is 30.8 Å². The van der Waals surface area contributed by atoms with Crippen molar-refractivity contribution < 1.29 is 28.4 Å². The van der Waals surface area contributed by atoms with E-state index in [0.717, 1.165) is 23.1 Å². The molecule has 40 heavy (non-hydrogen) atoms. The molecule has 1 heterocycles. The van der Waals surface area contributed by atoms with Crippen molar-refractivity contribution in [2.75, 3.05) is 0 Å². The molecule has 5 atom stereocenters. The van der Waals surface area contributed by atoms with Crippen LogP contribution in [0.1, 0.15) is 87.5 Å². The molecular formula is C32H42BNO6. The molecule has 8 heteroatoms. The van der Waals surface area contributed by atoms with Gasteiger partial charge in [-0.25, -0.2) is 9.59 Å². The Kier molecular flexibility index (Phi) is 7.55. The molecule has 1 amide bonds. The van der Waals surface area contributed by atoms with Crippen molar-refractivity contribution >= 4 is 19.2 Å². The van der Waals surface area contributed by atoms with Crippen LogP contribution in [0.2, 0.25) is 6.32 Å². The molecule has 1 saturated heterocycles. The van der Waals surface area contributed by atoms with Gasteiger partial charge in [0.1, 0.15) is 12.2 Å². The normalized spacial score (nSPS) is 27.3. The highest BCUT2D eigenvalue weighted by Crippen LogP contribution is 2.65. The molecule has 0 aromatic heterocycles. The SMILES string of the molecule is Cc1c(C(=O)OC(C)(C)C)cccc1C(CB1OC2C[C@@H]3C[C@@H](C3(C)C)[C@]2(C)O1)NC(=O)OCc1ccccc1. The number of ether oxygens (including phenoxy) is 2. The van der Waals surface area contributed by atoms with Gasteiger partial charge in [-0.2, -0.15) is 0 Å². The first kappa shape index (κ1) is 28.7. The number of amides is 1. The molecular weight excluding hydrogens is 505 g/mol. The van der Waals surface area contributed by atoms with Crippen molar-refractivity contribution in [3.8, 4) is 0 Å². The van der Waals surface area contributed by atoms with Crippen LogP contribution in [0.15, 0.2) is 48.5 Å². The fourth-order valence-corrected chi connectivity index (χ4v) is 7.00. The first-order chi connectivity index (χ1) is 18.8. The number of hydrogen-bond donors (Lipinski definition) is 1. The van der Waals surface area contributed by atoms with Gasteiger partial charge in [0, 0.05) is 6.32 Å². The molecule has 4 fully saturated rings. The van der Waals surface area contributed by atoms with E-state index >= 15 is 0 Å². The maximum atomic E-state index is 13.0. The van der Waals surface area contributed by atoms with Crippen LogP contribution in [0.4, 0.5) is 4.79 Å². The van der Waals surface area contributed by atoms with Crippen LogP contribution in [0.3, 0.4) is 0 Å². The van der Waals surface area contributed by atoms with Crippen molar-refractivity contribution in [3.05, 3.63) is 70.8 Å². The van der Waals surface area contributed by atoms with Gasteiger partial charge in [0.2, 0.25) is 0 Å². The van der Waals surface area contributed by atoms with E-state index in [-0.39, 0.29) is 23.7 Å². The lowest BCUT2D eigenvalue weighted by Gasteiger charge is -2.64. The van der Waals surface area contributed by atoms with Crippen LogP contribution in [-0.2, 0) is 25.4 Å². The van der Waals surface area contributed by atoms with Gasteiger partial charge < -0.3 is 24.1 Å². The molecule has 3 aliphatic carbocycles. The van der Waals surface area contributed by atoms with Crippen molar-refractivity contribution in [1.29, 1.82) is 0 Å². The highest BCUT2D eigenvalue weighted by Gasteiger charge is 2.67. The van der Waals surface area contributed by atoms with E-state index in [0.29, 0.717) is 23.7 Å². The van der Waals surface area contributed by atoms with E-state index in [2.05, 4.69) is 26.1 Å². The predicted molar refractivity (Wildman–Crippen MR) is 154 cm³/mol. The molecule has 1 N–H and O–H groups in total. The first-order valence-electron chi connectivity index (χ1n) is 14.4. The van der Waals surface area contributed by atoms with Gasteiger partial charge >= 0.3 is 19.2 Å². The van der Waals surface area contributed by atoms with Gasteiger partial charge in [0.25, 0.3) is 0 Å². The molecule has 2 bridgehead atoms. The third-order valence-corrected chi connectivity index (χ3v) is 9.30. The van der Waals surface area contributed by atoms with Gasteiger partial charge in [-0.05, 0) is 87.5 Å². The summed E-state index contributed by atoms with van der Waals surface area (Å²) in [6.07, 6.45) is 2.04. The topological polar surface area (TPSA) is 83.1 Å². The maximum absolute atomic E-state index is 13.0. The second kappa shape index (κ2) is 10.5. The summed E-state index contributed by atoms with van der Waals surface area (Å²) in [5, 5.41) is 3.04. The Labute approximate surface area is 238 Å². The second-order valence-electron chi connectivity index (χ2n) is 13.4. The number of benzene rings is 2. The zero-order valence-corrected chi connectivity index (χ0v) is 24.8. The number of hydrogen-bond acceptors (Lipinski definition) is 6. The summed E-state index contributed by atoms with van der Waals surface area (Å²) in [6.45, 7) is 14.4. The molecule has 2 aromatic rings. The molecule has 1 aliphatic heterocycles. The summed E-state index contributed by atoms with van der Waals surface area (Å²) in [5.41, 5.74) is 2.18. The van der Waals surface area contributed by atoms with Crippen LogP contribution < -0.4 is 5.32 Å². The summed E-state index contributed by atoms with van der Waals surface area (Å²) in [7, 11) is -0.492. The number of rotatable bonds is 7. The third kappa shape index (κ3) is 5.53. The lowest BCUT2D eigenvalue weighted by atomic mass is 9.43. The van der Waals surface area contributed by atoms with Crippen LogP contribution in [0, 0.1) is 24.2 Å². The summed E-state index contributed by atoms with van der Waals surface area (Å²) in [4.78, 5) is 26.1. The van der Waals surface area contributed by atoms with Crippen LogP contribution >= 0.6 is 0 Å². The van der Waals surface area contributed by atoms with Gasteiger partial charge in [-0.3, -0.25) is 0 Å².